The van der Waals surface area contributed by atoms with E-state index in [9.17, 15) is 19.2 Å². The number of ether oxygens (including phenoxy) is 8. The van der Waals surface area contributed by atoms with Crippen LogP contribution in [0.15, 0.2) is 190 Å². The second kappa shape index (κ2) is 42.1. The summed E-state index contributed by atoms with van der Waals surface area (Å²) in [6, 6.07) is 56.2. The standard InChI is InChI=1S/C108H116N8O16/c1-9-37-121-97-69-21-17-22-70(97)46-78-54-86-56-80(102(78)126-42-14-6)48-72-24-18-23-71(98(72)122-38-10-2)47-79-55-85(53-77(45-69)101(79)125-41-13-5)109-105(117)93-61-89(113-129-93)65-29-33-67(34-30-65)91-63-95(131-115-91)107(119)111-87-57-81-49-73-25-19-26-74(99(73)123-39-11-3)50-82-58-88(112-108(120)96-64-92(116-132-96)68-35-31-66(32-36-68)90-62-94(130-114-90)106(118)110-86)60-84(104(82)128-44-16-8)52-76-28-20-27-75(100(76)124-40-12-4)51-83(59-87)103(81)127-43-15-7/h17-36,53-60,93-96H,9-16,37-52,61-64H2,1-8H3,(H,109,117)(H,110,118)(H,111,119)(H,112,120)/t93-,94+,95-,96+. The average Bonchev–Trinajstić information content (AvgIpc) is 0.800. The van der Waals surface area contributed by atoms with Gasteiger partial charge in [-0.05, 0) is 167 Å². The molecule has 132 heavy (non-hydrogen) atoms. The summed E-state index contributed by atoms with van der Waals surface area (Å²) >= 11 is 0. The monoisotopic (exact) mass is 1780 g/mol. The number of nitrogens with one attached hydrogen (secondary N) is 4. The number of carbonyl (C=O) groups excluding carboxylic acids is 4. The Labute approximate surface area is 771 Å². The smallest absolute Gasteiger partial charge is 0.268 e. The number of para-hydroxylation sites is 4. The van der Waals surface area contributed by atoms with Gasteiger partial charge in [0.1, 0.15) is 46.0 Å². The lowest BCUT2D eigenvalue weighted by Gasteiger charge is -2.24. The molecule has 0 aromatic heterocycles. The molecule has 10 aromatic carbocycles. The van der Waals surface area contributed by atoms with E-state index in [1.54, 1.807) is 0 Å². The van der Waals surface area contributed by atoms with Gasteiger partial charge in [0.15, 0.2) is 0 Å². The molecule has 14 aliphatic rings. The van der Waals surface area contributed by atoms with Crippen molar-refractivity contribution in [1.82, 2.24) is 0 Å². The molecule has 24 nitrogen and oxygen atoms in total. The zero-order chi connectivity index (χ0) is 91.1. The Morgan fingerprint density at radius 3 is 0.538 bits per heavy atom. The molecular formula is C108H116N8O16. The third-order valence-electron chi connectivity index (χ3n) is 24.4. The van der Waals surface area contributed by atoms with Crippen molar-refractivity contribution in [2.24, 2.45) is 20.6 Å². The van der Waals surface area contributed by atoms with Crippen LogP contribution in [0, 0.1) is 0 Å². The van der Waals surface area contributed by atoms with Crippen LogP contribution in [0.5, 0.6) is 46.0 Å². The van der Waals surface area contributed by atoms with Gasteiger partial charge in [-0.1, -0.05) is 197 Å². The van der Waals surface area contributed by atoms with Crippen molar-refractivity contribution in [3.63, 3.8) is 0 Å². The fourth-order valence-electron chi connectivity index (χ4n) is 18.1. The maximum Gasteiger partial charge on any atom is 0.268 e. The fraction of sp³-hybridized carbons (Fsp3) is 0.370. The van der Waals surface area contributed by atoms with Crippen molar-refractivity contribution < 1.29 is 76.4 Å². The largest absolute Gasteiger partial charge is 0.493 e. The van der Waals surface area contributed by atoms with Crippen LogP contribution in [0.2, 0.25) is 0 Å². The number of oxime groups is 4. The molecule has 12 aliphatic heterocycles. The molecule has 32 bridgehead atoms. The van der Waals surface area contributed by atoms with Crippen molar-refractivity contribution in [2.75, 3.05) is 74.1 Å². The Hall–Kier alpha value is -13.6. The SMILES string of the molecule is CCCOc1c2cccc1Cc1cc3cc(c1OCCC)Cc1cccc(c1OCCC)Cc1cc(cc(c1OCCC)C2)NC(=O)[C@@H]1CC(=NO1)c1ccc(cc1)C1=NO[C@@H](C1)C(=O)Nc1cc2c(OCCC)c(c1)Cc1cccc(c1OCCC)Cc1cc(cc(c1OCCC)Cc1cccc(c1OCCC)C2)NC(=O)[C@H]1CC(=NO1)c1ccc(cc1)C1=NO[C@H](C1)C(=O)N3. The molecule has 0 saturated heterocycles. The van der Waals surface area contributed by atoms with Gasteiger partial charge in [-0.25, -0.2) is 0 Å². The molecule has 4 atom stereocenters. The quantitative estimate of drug-likeness (QED) is 0.0437. The molecule has 0 spiro atoms. The first-order chi connectivity index (χ1) is 64.6. The van der Waals surface area contributed by atoms with Crippen LogP contribution < -0.4 is 59.2 Å². The minimum Gasteiger partial charge on any atom is -0.493 e. The van der Waals surface area contributed by atoms with E-state index in [1.807, 2.05) is 121 Å². The van der Waals surface area contributed by atoms with Crippen LogP contribution in [-0.4, -0.2) is 124 Å². The number of carbonyl (C=O) groups is 4. The third kappa shape index (κ3) is 20.6. The first-order valence-electron chi connectivity index (χ1n) is 47.1. The molecule has 24 rings (SSSR count). The highest BCUT2D eigenvalue weighted by molar-refractivity contribution is 6.11. The lowest BCUT2D eigenvalue weighted by atomic mass is 9.90. The van der Waals surface area contributed by atoms with E-state index in [0.717, 1.165) is 163 Å². The highest BCUT2D eigenvalue weighted by Crippen LogP contribution is 2.46. The van der Waals surface area contributed by atoms with Crippen LogP contribution >= 0.6 is 0 Å². The lowest BCUT2D eigenvalue weighted by Crippen LogP contribution is -2.28. The first-order valence-corrected chi connectivity index (χ1v) is 47.1. The van der Waals surface area contributed by atoms with Gasteiger partial charge >= 0.3 is 0 Å². The van der Waals surface area contributed by atoms with Gasteiger partial charge in [0.25, 0.3) is 23.6 Å². The van der Waals surface area contributed by atoms with Crippen LogP contribution in [0.3, 0.4) is 0 Å². The molecular weight excluding hydrogens is 1670 g/mol. The first kappa shape index (κ1) is 90.3. The van der Waals surface area contributed by atoms with Crippen molar-refractivity contribution in [1.29, 1.82) is 0 Å². The Balaban J connectivity index is 0.738. The summed E-state index contributed by atoms with van der Waals surface area (Å²) in [6.07, 6.45) is 5.67. The number of benzene rings is 10. The summed E-state index contributed by atoms with van der Waals surface area (Å²) < 4.78 is 55.3. The van der Waals surface area contributed by atoms with Crippen LogP contribution in [-0.2, 0) is 89.9 Å². The van der Waals surface area contributed by atoms with E-state index in [-0.39, 0.29) is 49.3 Å². The van der Waals surface area contributed by atoms with Gasteiger partial charge < -0.3 is 78.5 Å². The molecule has 684 valence electrons. The Kier molecular flexibility index (Phi) is 28.8. The summed E-state index contributed by atoms with van der Waals surface area (Å²) in [5, 5.41) is 31.2. The van der Waals surface area contributed by atoms with Gasteiger partial charge in [0.05, 0.1) is 75.7 Å². The van der Waals surface area contributed by atoms with Gasteiger partial charge in [0, 0.05) is 144 Å². The maximum atomic E-state index is 14.9. The van der Waals surface area contributed by atoms with Gasteiger partial charge in [-0.3, -0.25) is 19.2 Å². The van der Waals surface area contributed by atoms with Gasteiger partial charge in [-0.2, -0.15) is 0 Å². The molecule has 4 amide bonds. The predicted molar refractivity (Wildman–Crippen MR) is 512 cm³/mol. The lowest BCUT2D eigenvalue weighted by molar-refractivity contribution is -0.126. The minimum atomic E-state index is -0.972. The average molecular weight is 1780 g/mol. The molecule has 2 aliphatic carbocycles. The molecule has 12 heterocycles. The molecule has 0 fully saturated rings. The van der Waals surface area contributed by atoms with Crippen molar-refractivity contribution in [2.45, 2.75) is 208 Å². The Morgan fingerprint density at radius 2 is 0.386 bits per heavy atom. The molecule has 24 heteroatoms. The van der Waals surface area contributed by atoms with Crippen LogP contribution in [0.4, 0.5) is 22.7 Å². The van der Waals surface area contributed by atoms with E-state index in [2.05, 4.69) is 146 Å². The van der Waals surface area contributed by atoms with E-state index in [1.165, 1.54) is 0 Å². The van der Waals surface area contributed by atoms with E-state index >= 15 is 0 Å². The summed E-state index contributed by atoms with van der Waals surface area (Å²) in [6.45, 7) is 20.2. The van der Waals surface area contributed by atoms with Crippen molar-refractivity contribution >= 4 is 69.2 Å². The maximum absolute atomic E-state index is 14.9. The van der Waals surface area contributed by atoms with Gasteiger partial charge in [-0.15, -0.1) is 0 Å². The summed E-state index contributed by atoms with van der Waals surface area (Å²) in [5.41, 5.74) is 21.4. The second-order valence-electron chi connectivity index (χ2n) is 34.8. The Morgan fingerprint density at radius 1 is 0.235 bits per heavy atom. The number of rotatable bonds is 24. The number of hydrogen-bond donors (Lipinski definition) is 4. The summed E-state index contributed by atoms with van der Waals surface area (Å²) in [7, 11) is 0. The molecule has 4 N–H and O–H groups in total. The van der Waals surface area contributed by atoms with E-state index in [0.29, 0.717) is 196 Å². The van der Waals surface area contributed by atoms with Crippen molar-refractivity contribution in [3.8, 4) is 46.0 Å². The normalized spacial score (nSPS) is 17.3. The van der Waals surface area contributed by atoms with Gasteiger partial charge in [0.2, 0.25) is 24.4 Å². The van der Waals surface area contributed by atoms with E-state index in [4.69, 9.17) is 57.2 Å². The highest BCUT2D eigenvalue weighted by Gasteiger charge is 2.37. The third-order valence-corrected chi connectivity index (χ3v) is 24.4. The second-order valence-corrected chi connectivity index (χ2v) is 34.8. The molecule has 0 unspecified atom stereocenters. The minimum absolute atomic E-state index is 0.185. The fourth-order valence-corrected chi connectivity index (χ4v) is 18.1. The Bertz CT molecular complexity index is 5170. The van der Waals surface area contributed by atoms with Crippen LogP contribution in [0.1, 0.15) is 244 Å². The topological polar surface area (TPSA) is 277 Å². The molecule has 0 saturated carbocycles. The zero-order valence-electron chi connectivity index (χ0n) is 76.6. The van der Waals surface area contributed by atoms with Crippen molar-refractivity contribution in [3.05, 3.63) is 281 Å². The van der Waals surface area contributed by atoms with E-state index < -0.39 is 24.4 Å². The van der Waals surface area contributed by atoms with Crippen LogP contribution in [0.25, 0.3) is 0 Å². The summed E-state index contributed by atoms with van der Waals surface area (Å²) in [4.78, 5) is 84.0. The zero-order valence-corrected chi connectivity index (χ0v) is 76.6. The number of anilines is 4. The molecule has 0 radical (unpaired) electrons. The highest BCUT2D eigenvalue weighted by atomic mass is 16.7. The molecule has 10 aromatic rings. The predicted octanol–water partition coefficient (Wildman–Crippen LogP) is 20.2. The number of hydrogen-bond acceptors (Lipinski definition) is 20. The summed E-state index contributed by atoms with van der Waals surface area (Å²) in [5.74, 6) is 4.17. The number of nitrogens with zero attached hydrogens (tertiary/aromatic N) is 4. The number of amides is 4.